The van der Waals surface area contributed by atoms with Crippen LogP contribution in [0.2, 0.25) is 0 Å². The normalized spacial score (nSPS) is 23.5. The minimum atomic E-state index is -0.311. The van der Waals surface area contributed by atoms with E-state index in [1.807, 2.05) is 6.07 Å². The molecule has 21 heavy (non-hydrogen) atoms. The van der Waals surface area contributed by atoms with E-state index in [4.69, 9.17) is 5.73 Å². The van der Waals surface area contributed by atoms with Crippen LogP contribution >= 0.6 is 0 Å². The van der Waals surface area contributed by atoms with E-state index < -0.39 is 0 Å². The van der Waals surface area contributed by atoms with Crippen molar-refractivity contribution in [2.75, 3.05) is 19.7 Å². The molecule has 3 nitrogen and oxygen atoms in total. The van der Waals surface area contributed by atoms with Crippen molar-refractivity contribution in [1.82, 2.24) is 4.90 Å². The Balaban J connectivity index is 2.02. The summed E-state index contributed by atoms with van der Waals surface area (Å²) in [6.07, 6.45) is 4.60. The second-order valence-electron chi connectivity index (χ2n) is 6.21. The van der Waals surface area contributed by atoms with E-state index in [-0.39, 0.29) is 30.4 Å². The van der Waals surface area contributed by atoms with Crippen molar-refractivity contribution in [3.8, 4) is 0 Å². The van der Waals surface area contributed by atoms with Crippen molar-refractivity contribution in [3.05, 3.63) is 35.6 Å². The van der Waals surface area contributed by atoms with Crippen LogP contribution in [0.5, 0.6) is 0 Å². The first-order valence-electron chi connectivity index (χ1n) is 7.98. The number of aliphatic hydroxyl groups is 1. The lowest BCUT2D eigenvalue weighted by molar-refractivity contribution is 0.106. The number of rotatable bonds is 5. The zero-order chi connectivity index (χ0) is 15.2. The van der Waals surface area contributed by atoms with E-state index in [9.17, 15) is 9.50 Å². The number of likely N-dealkylation sites (tertiary alicyclic amines) is 1. The fourth-order valence-corrected chi connectivity index (χ4v) is 3.22. The molecule has 1 saturated heterocycles. The maximum Gasteiger partial charge on any atom is 0.127 e. The molecule has 0 aliphatic carbocycles. The van der Waals surface area contributed by atoms with E-state index in [1.54, 1.807) is 12.1 Å². The fraction of sp³-hybridized carbons (Fsp3) is 0.647. The van der Waals surface area contributed by atoms with E-state index in [0.717, 1.165) is 25.9 Å². The number of nitrogens with zero attached hydrogens (tertiary/aromatic N) is 1. The van der Waals surface area contributed by atoms with Crippen LogP contribution in [-0.2, 0) is 0 Å². The third-order valence-corrected chi connectivity index (χ3v) is 4.61. The molecule has 0 radical (unpaired) electrons. The maximum absolute atomic E-state index is 13.9. The highest BCUT2D eigenvalue weighted by molar-refractivity contribution is 5.21. The van der Waals surface area contributed by atoms with Gasteiger partial charge in [0, 0.05) is 24.2 Å². The quantitative estimate of drug-likeness (QED) is 0.878. The minimum Gasteiger partial charge on any atom is -0.395 e. The van der Waals surface area contributed by atoms with Crippen LogP contribution in [0.4, 0.5) is 4.39 Å². The molecule has 3 unspecified atom stereocenters. The van der Waals surface area contributed by atoms with E-state index in [0.29, 0.717) is 5.56 Å². The minimum absolute atomic E-state index is 0.147. The van der Waals surface area contributed by atoms with Crippen molar-refractivity contribution in [3.63, 3.8) is 0 Å². The Labute approximate surface area is 126 Å². The molecule has 1 aromatic rings. The average molecular weight is 294 g/mol. The lowest BCUT2D eigenvalue weighted by atomic mass is 9.94. The summed E-state index contributed by atoms with van der Waals surface area (Å²) < 4.78 is 13.9. The number of nitrogens with two attached hydrogens (primary N) is 1. The molecule has 0 aromatic heterocycles. The van der Waals surface area contributed by atoms with Gasteiger partial charge in [-0.3, -0.25) is 4.90 Å². The van der Waals surface area contributed by atoms with Crippen LogP contribution in [-0.4, -0.2) is 35.7 Å². The van der Waals surface area contributed by atoms with Crippen molar-refractivity contribution >= 4 is 0 Å². The summed E-state index contributed by atoms with van der Waals surface area (Å²) >= 11 is 0. The van der Waals surface area contributed by atoms with Gasteiger partial charge < -0.3 is 10.8 Å². The van der Waals surface area contributed by atoms with Crippen LogP contribution in [0, 0.1) is 11.7 Å². The second-order valence-corrected chi connectivity index (χ2v) is 6.21. The molecule has 3 atom stereocenters. The fourth-order valence-electron chi connectivity index (χ4n) is 3.22. The second kappa shape index (κ2) is 7.87. The smallest absolute Gasteiger partial charge is 0.127 e. The predicted octanol–water partition coefficient (Wildman–Crippen LogP) is 2.70. The van der Waals surface area contributed by atoms with E-state index in [1.165, 1.54) is 18.9 Å². The van der Waals surface area contributed by atoms with Gasteiger partial charge in [-0.1, -0.05) is 38.0 Å². The number of aliphatic hydroxyl groups excluding tert-OH is 1. The van der Waals surface area contributed by atoms with Crippen LogP contribution in [0.1, 0.15) is 44.2 Å². The molecule has 1 aliphatic heterocycles. The molecule has 4 heteroatoms. The first-order chi connectivity index (χ1) is 10.1. The van der Waals surface area contributed by atoms with Crippen LogP contribution in [0.3, 0.4) is 0 Å². The molecule has 3 N–H and O–H groups in total. The van der Waals surface area contributed by atoms with Crippen LogP contribution < -0.4 is 5.73 Å². The van der Waals surface area contributed by atoms with Crippen molar-refractivity contribution in [2.24, 2.45) is 11.7 Å². The van der Waals surface area contributed by atoms with Gasteiger partial charge in [-0.2, -0.15) is 0 Å². The number of halogens is 1. The van der Waals surface area contributed by atoms with Crippen LogP contribution in [0.25, 0.3) is 0 Å². The molecule has 1 aliphatic rings. The Morgan fingerprint density at radius 3 is 2.81 bits per heavy atom. The molecule has 1 aromatic carbocycles. The highest BCUT2D eigenvalue weighted by Gasteiger charge is 2.25. The van der Waals surface area contributed by atoms with Gasteiger partial charge in [-0.25, -0.2) is 4.39 Å². The molecule has 1 fully saturated rings. The highest BCUT2D eigenvalue weighted by Crippen LogP contribution is 2.25. The van der Waals surface area contributed by atoms with Gasteiger partial charge in [0.25, 0.3) is 0 Å². The van der Waals surface area contributed by atoms with Gasteiger partial charge in [0.1, 0.15) is 5.82 Å². The van der Waals surface area contributed by atoms with Crippen molar-refractivity contribution < 1.29 is 9.50 Å². The molecule has 1 heterocycles. The number of benzene rings is 1. The Morgan fingerprint density at radius 1 is 1.33 bits per heavy atom. The summed E-state index contributed by atoms with van der Waals surface area (Å²) in [5.41, 5.74) is 6.84. The largest absolute Gasteiger partial charge is 0.395 e. The summed E-state index contributed by atoms with van der Waals surface area (Å²) in [7, 11) is 0. The SMILES string of the molecule is CC(CN1CCCCCC1CO)C(N)c1ccccc1F. The molecule has 0 saturated carbocycles. The lowest BCUT2D eigenvalue weighted by Gasteiger charge is -2.33. The summed E-state index contributed by atoms with van der Waals surface area (Å²) in [6, 6.07) is 6.66. The Hall–Kier alpha value is -0.970. The van der Waals surface area contributed by atoms with Gasteiger partial charge in [-0.05, 0) is 31.4 Å². The Bertz CT molecular complexity index is 441. The van der Waals surface area contributed by atoms with Gasteiger partial charge in [0.2, 0.25) is 0 Å². The first kappa shape index (κ1) is 16.4. The summed E-state index contributed by atoms with van der Waals surface area (Å²) in [5.74, 6) is -0.0829. The van der Waals surface area contributed by atoms with Gasteiger partial charge in [-0.15, -0.1) is 0 Å². The molecule has 0 bridgehead atoms. The van der Waals surface area contributed by atoms with Gasteiger partial charge >= 0.3 is 0 Å². The van der Waals surface area contributed by atoms with Gasteiger partial charge in [0.05, 0.1) is 6.61 Å². The lowest BCUT2D eigenvalue weighted by Crippen LogP contribution is -2.42. The zero-order valence-corrected chi connectivity index (χ0v) is 12.8. The number of hydrogen-bond donors (Lipinski definition) is 2. The van der Waals surface area contributed by atoms with Crippen molar-refractivity contribution in [2.45, 2.75) is 44.7 Å². The molecular formula is C17H27FN2O. The molecule has 0 spiro atoms. The third kappa shape index (κ3) is 4.25. The third-order valence-electron chi connectivity index (χ3n) is 4.61. The monoisotopic (exact) mass is 294 g/mol. The summed E-state index contributed by atoms with van der Waals surface area (Å²) in [5, 5.41) is 9.57. The van der Waals surface area contributed by atoms with Gasteiger partial charge in [0.15, 0.2) is 0 Å². The Morgan fingerprint density at radius 2 is 2.10 bits per heavy atom. The van der Waals surface area contributed by atoms with Crippen LogP contribution in [0.15, 0.2) is 24.3 Å². The van der Waals surface area contributed by atoms with E-state index in [2.05, 4.69) is 11.8 Å². The molecule has 118 valence electrons. The highest BCUT2D eigenvalue weighted by atomic mass is 19.1. The Kier molecular flexibility index (Phi) is 6.15. The topological polar surface area (TPSA) is 49.5 Å². The summed E-state index contributed by atoms with van der Waals surface area (Å²) in [6.45, 7) is 4.07. The predicted molar refractivity (Wildman–Crippen MR) is 83.4 cm³/mol. The molecular weight excluding hydrogens is 267 g/mol. The zero-order valence-electron chi connectivity index (χ0n) is 12.8. The molecule has 2 rings (SSSR count). The molecule has 0 amide bonds. The standard InChI is InChI=1S/C17H27FN2O/c1-13(17(19)15-8-4-5-9-16(15)18)11-20-10-6-2-3-7-14(20)12-21/h4-5,8-9,13-14,17,21H,2-3,6-7,10-12,19H2,1H3. The maximum atomic E-state index is 13.9. The van der Waals surface area contributed by atoms with E-state index >= 15 is 0 Å². The first-order valence-corrected chi connectivity index (χ1v) is 7.98. The average Bonchev–Trinajstić information content (AvgIpc) is 2.72. The summed E-state index contributed by atoms with van der Waals surface area (Å²) in [4.78, 5) is 2.33. The number of hydrogen-bond acceptors (Lipinski definition) is 3. The van der Waals surface area contributed by atoms with Crippen molar-refractivity contribution in [1.29, 1.82) is 0 Å².